The van der Waals surface area contributed by atoms with Crippen molar-refractivity contribution in [1.82, 2.24) is 9.88 Å². The molecular formula is C13H20ClN3. The van der Waals surface area contributed by atoms with E-state index in [1.54, 1.807) is 6.07 Å². The summed E-state index contributed by atoms with van der Waals surface area (Å²) in [5.41, 5.74) is 0. The molecule has 0 unspecified atom stereocenters. The van der Waals surface area contributed by atoms with Gasteiger partial charge in [-0.1, -0.05) is 30.5 Å². The molecule has 1 saturated carbocycles. The van der Waals surface area contributed by atoms with Crippen molar-refractivity contribution in [1.29, 1.82) is 0 Å². The number of rotatable bonds is 5. The Balaban J connectivity index is 1.71. The quantitative estimate of drug-likeness (QED) is 0.818. The van der Waals surface area contributed by atoms with Gasteiger partial charge in [-0.2, -0.15) is 0 Å². The number of nitrogens with zero attached hydrogens (tertiary/aromatic N) is 2. The van der Waals surface area contributed by atoms with Gasteiger partial charge < -0.3 is 10.2 Å². The first-order chi connectivity index (χ1) is 8.25. The van der Waals surface area contributed by atoms with E-state index in [-0.39, 0.29) is 0 Å². The Hall–Kier alpha value is -0.800. The molecule has 3 nitrogen and oxygen atoms in total. The third-order valence-electron chi connectivity index (χ3n) is 3.43. The third kappa shape index (κ3) is 3.86. The van der Waals surface area contributed by atoms with Crippen LogP contribution in [-0.4, -0.2) is 36.1 Å². The maximum Gasteiger partial charge on any atom is 0.131 e. The van der Waals surface area contributed by atoms with Crippen LogP contribution in [0.25, 0.3) is 0 Å². The van der Waals surface area contributed by atoms with E-state index in [4.69, 9.17) is 11.6 Å². The van der Waals surface area contributed by atoms with Crippen molar-refractivity contribution in [2.24, 2.45) is 0 Å². The Morgan fingerprint density at radius 3 is 2.88 bits per heavy atom. The van der Waals surface area contributed by atoms with E-state index >= 15 is 0 Å². The molecule has 17 heavy (non-hydrogen) atoms. The summed E-state index contributed by atoms with van der Waals surface area (Å²) in [5, 5.41) is 3.84. The SMILES string of the molecule is CN(CCNc1cccc(Cl)n1)C1CCCC1. The average Bonchev–Trinajstić information content (AvgIpc) is 2.82. The molecule has 1 aromatic rings. The topological polar surface area (TPSA) is 28.2 Å². The lowest BCUT2D eigenvalue weighted by Gasteiger charge is -2.24. The lowest BCUT2D eigenvalue weighted by atomic mass is 10.2. The highest BCUT2D eigenvalue weighted by atomic mass is 35.5. The van der Waals surface area contributed by atoms with E-state index in [1.165, 1.54) is 25.7 Å². The van der Waals surface area contributed by atoms with E-state index in [9.17, 15) is 0 Å². The van der Waals surface area contributed by atoms with Crippen LogP contribution >= 0.6 is 11.6 Å². The highest BCUT2D eigenvalue weighted by molar-refractivity contribution is 6.29. The minimum absolute atomic E-state index is 0.541. The van der Waals surface area contributed by atoms with E-state index in [0.29, 0.717) is 5.15 Å². The van der Waals surface area contributed by atoms with Crippen molar-refractivity contribution in [3.05, 3.63) is 23.4 Å². The average molecular weight is 254 g/mol. The first-order valence-corrected chi connectivity index (χ1v) is 6.70. The number of anilines is 1. The molecule has 0 bridgehead atoms. The molecule has 1 fully saturated rings. The van der Waals surface area contributed by atoms with E-state index < -0.39 is 0 Å². The van der Waals surface area contributed by atoms with Crippen molar-refractivity contribution in [2.45, 2.75) is 31.7 Å². The van der Waals surface area contributed by atoms with Crippen molar-refractivity contribution < 1.29 is 0 Å². The standard InChI is InChI=1S/C13H20ClN3/c1-17(11-5-2-3-6-11)10-9-15-13-8-4-7-12(14)16-13/h4,7-8,11H,2-3,5-6,9-10H2,1H3,(H,15,16). The molecular weight excluding hydrogens is 234 g/mol. The zero-order valence-electron chi connectivity index (χ0n) is 10.3. The van der Waals surface area contributed by atoms with Crippen LogP contribution in [0.1, 0.15) is 25.7 Å². The molecule has 0 aliphatic heterocycles. The van der Waals surface area contributed by atoms with Crippen LogP contribution in [0.4, 0.5) is 5.82 Å². The molecule has 1 heterocycles. The van der Waals surface area contributed by atoms with Crippen LogP contribution < -0.4 is 5.32 Å². The Bertz CT molecular complexity index is 350. The van der Waals surface area contributed by atoms with Gasteiger partial charge in [0.1, 0.15) is 11.0 Å². The molecule has 0 spiro atoms. The highest BCUT2D eigenvalue weighted by Gasteiger charge is 2.18. The van der Waals surface area contributed by atoms with Gasteiger partial charge in [0.15, 0.2) is 0 Å². The van der Waals surface area contributed by atoms with Crippen molar-refractivity contribution in [3.63, 3.8) is 0 Å². The zero-order chi connectivity index (χ0) is 12.1. The number of pyridine rings is 1. The van der Waals surface area contributed by atoms with Gasteiger partial charge in [-0.05, 0) is 32.0 Å². The van der Waals surface area contributed by atoms with Gasteiger partial charge in [-0.25, -0.2) is 4.98 Å². The number of hydrogen-bond acceptors (Lipinski definition) is 3. The minimum Gasteiger partial charge on any atom is -0.369 e. The Kier molecular flexibility index (Phi) is 4.63. The molecule has 4 heteroatoms. The molecule has 2 rings (SSSR count). The van der Waals surface area contributed by atoms with E-state index in [2.05, 4.69) is 22.2 Å². The second-order valence-corrected chi connectivity index (χ2v) is 5.08. The molecule has 0 aromatic carbocycles. The second kappa shape index (κ2) is 6.22. The maximum absolute atomic E-state index is 5.83. The minimum atomic E-state index is 0.541. The molecule has 1 aromatic heterocycles. The summed E-state index contributed by atoms with van der Waals surface area (Å²) in [4.78, 5) is 6.65. The number of aromatic nitrogens is 1. The lowest BCUT2D eigenvalue weighted by Crippen LogP contribution is -2.33. The van der Waals surface area contributed by atoms with Crippen molar-refractivity contribution >= 4 is 17.4 Å². The highest BCUT2D eigenvalue weighted by Crippen LogP contribution is 2.21. The lowest BCUT2D eigenvalue weighted by molar-refractivity contribution is 0.254. The third-order valence-corrected chi connectivity index (χ3v) is 3.64. The normalized spacial score (nSPS) is 16.6. The van der Waals surface area contributed by atoms with Gasteiger partial charge >= 0.3 is 0 Å². The first kappa shape index (κ1) is 12.7. The van der Waals surface area contributed by atoms with E-state index in [0.717, 1.165) is 24.9 Å². The largest absolute Gasteiger partial charge is 0.369 e. The molecule has 0 amide bonds. The summed E-state index contributed by atoms with van der Waals surface area (Å²) in [7, 11) is 2.21. The van der Waals surface area contributed by atoms with Gasteiger partial charge in [0.05, 0.1) is 0 Å². The van der Waals surface area contributed by atoms with Crippen LogP contribution in [-0.2, 0) is 0 Å². The second-order valence-electron chi connectivity index (χ2n) is 4.69. The molecule has 94 valence electrons. The molecule has 1 N–H and O–H groups in total. The zero-order valence-corrected chi connectivity index (χ0v) is 11.1. The molecule has 0 atom stereocenters. The van der Waals surface area contributed by atoms with Gasteiger partial charge in [0.25, 0.3) is 0 Å². The summed E-state index contributed by atoms with van der Waals surface area (Å²) in [6, 6.07) is 6.43. The van der Waals surface area contributed by atoms with Crippen molar-refractivity contribution in [2.75, 3.05) is 25.5 Å². The number of halogens is 1. The van der Waals surface area contributed by atoms with Crippen LogP contribution in [0.3, 0.4) is 0 Å². The molecule has 1 aliphatic carbocycles. The molecule has 0 radical (unpaired) electrons. The molecule has 1 aliphatic rings. The predicted molar refractivity (Wildman–Crippen MR) is 72.6 cm³/mol. The Labute approximate surface area is 108 Å². The fourth-order valence-electron chi connectivity index (χ4n) is 2.39. The van der Waals surface area contributed by atoms with Crippen LogP contribution in [0.15, 0.2) is 18.2 Å². The smallest absolute Gasteiger partial charge is 0.131 e. The van der Waals surface area contributed by atoms with Gasteiger partial charge in [-0.15, -0.1) is 0 Å². The van der Waals surface area contributed by atoms with Crippen LogP contribution in [0.5, 0.6) is 0 Å². The molecule has 0 saturated heterocycles. The number of likely N-dealkylation sites (N-methyl/N-ethyl adjacent to an activating group) is 1. The predicted octanol–water partition coefficient (Wildman–Crippen LogP) is 3.02. The Morgan fingerprint density at radius 2 is 2.18 bits per heavy atom. The Morgan fingerprint density at radius 1 is 1.41 bits per heavy atom. The van der Waals surface area contributed by atoms with Gasteiger partial charge in [0, 0.05) is 19.1 Å². The summed E-state index contributed by atoms with van der Waals surface area (Å²) >= 11 is 5.83. The fraction of sp³-hybridized carbons (Fsp3) is 0.615. The maximum atomic E-state index is 5.83. The van der Waals surface area contributed by atoms with Gasteiger partial charge in [0.2, 0.25) is 0 Å². The van der Waals surface area contributed by atoms with E-state index in [1.807, 2.05) is 12.1 Å². The van der Waals surface area contributed by atoms with Gasteiger partial charge in [-0.3, -0.25) is 0 Å². The monoisotopic (exact) mass is 253 g/mol. The summed E-state index contributed by atoms with van der Waals surface area (Å²) in [6.45, 7) is 1.97. The van der Waals surface area contributed by atoms with Crippen LogP contribution in [0, 0.1) is 0 Å². The van der Waals surface area contributed by atoms with Crippen molar-refractivity contribution in [3.8, 4) is 0 Å². The fourth-order valence-corrected chi connectivity index (χ4v) is 2.56. The number of nitrogens with one attached hydrogen (secondary N) is 1. The summed E-state index contributed by atoms with van der Waals surface area (Å²) in [6.07, 6.45) is 5.48. The summed E-state index contributed by atoms with van der Waals surface area (Å²) < 4.78 is 0. The first-order valence-electron chi connectivity index (χ1n) is 6.32. The number of hydrogen-bond donors (Lipinski definition) is 1. The summed E-state index contributed by atoms with van der Waals surface area (Å²) in [5.74, 6) is 0.859. The van der Waals surface area contributed by atoms with Crippen LogP contribution in [0.2, 0.25) is 5.15 Å².